The maximum atomic E-state index is 12.0. The topological polar surface area (TPSA) is 63.6 Å². The maximum absolute atomic E-state index is 12.0. The lowest BCUT2D eigenvalue weighted by Gasteiger charge is -2.10. The first-order valence-corrected chi connectivity index (χ1v) is 10.3. The smallest absolute Gasteiger partial charge is 0.277 e. The van der Waals surface area contributed by atoms with Gasteiger partial charge in [-0.05, 0) is 56.1 Å². The fraction of sp³-hybridized carbons (Fsp3) is 0.0556. The van der Waals surface area contributed by atoms with Crippen LogP contribution >= 0.6 is 59.4 Å². The first-order valence-electron chi connectivity index (χ1n) is 7.58. The van der Waals surface area contributed by atoms with Crippen LogP contribution in [0.3, 0.4) is 0 Å². The molecule has 0 unspecified atom stereocenters. The van der Waals surface area contributed by atoms with Gasteiger partial charge < -0.3 is 4.74 Å². The molecule has 138 valence electrons. The molecule has 5 nitrogen and oxygen atoms in total. The molecule has 1 N–H and O–H groups in total. The van der Waals surface area contributed by atoms with Crippen molar-refractivity contribution >= 4 is 82.4 Å². The van der Waals surface area contributed by atoms with E-state index in [1.54, 1.807) is 0 Å². The fourth-order valence-corrected chi connectivity index (χ4v) is 4.89. The number of ether oxygens (including phenoxy) is 1. The molecule has 1 aromatic heterocycles. The number of hydrazone groups is 1. The van der Waals surface area contributed by atoms with E-state index >= 15 is 0 Å². The van der Waals surface area contributed by atoms with Crippen molar-refractivity contribution in [2.45, 2.75) is 0 Å². The lowest BCUT2D eigenvalue weighted by atomic mass is 10.2. The van der Waals surface area contributed by atoms with Crippen LogP contribution in [0.4, 0.5) is 0 Å². The molecule has 3 aromatic rings. The highest BCUT2D eigenvalue weighted by Gasteiger charge is 2.10. The summed E-state index contributed by atoms with van der Waals surface area (Å²) in [4.78, 5) is 16.3. The van der Waals surface area contributed by atoms with E-state index in [0.29, 0.717) is 25.4 Å². The van der Waals surface area contributed by atoms with Gasteiger partial charge in [-0.3, -0.25) is 4.79 Å². The largest absolute Gasteiger partial charge is 0.481 e. The second-order valence-corrected chi connectivity index (χ2v) is 8.32. The third kappa shape index (κ3) is 5.28. The molecule has 0 aliphatic heterocycles. The zero-order chi connectivity index (χ0) is 19.4. The standard InChI is InChI=1S/C18H11Br3ClN3O2/c19-12-6-13(20)17(14(21)7-12)27-9-16(26)25-23-8-11-5-10-3-1-2-4-15(10)24-18(11)22/h1-8H,9H2,(H,25,26)/b23-8-. The highest BCUT2D eigenvalue weighted by Crippen LogP contribution is 2.36. The van der Waals surface area contributed by atoms with Crippen LogP contribution in [-0.4, -0.2) is 23.7 Å². The number of carbonyl (C=O) groups excluding carboxylic acids is 1. The molecule has 1 heterocycles. The summed E-state index contributed by atoms with van der Waals surface area (Å²) in [6, 6.07) is 13.1. The van der Waals surface area contributed by atoms with Gasteiger partial charge in [0.2, 0.25) is 0 Å². The highest BCUT2D eigenvalue weighted by molar-refractivity contribution is 9.11. The lowest BCUT2D eigenvalue weighted by molar-refractivity contribution is -0.123. The average Bonchev–Trinajstić information content (AvgIpc) is 2.61. The Morgan fingerprint density at radius 3 is 2.63 bits per heavy atom. The molecular formula is C18H11Br3ClN3O2. The number of hydrogen-bond acceptors (Lipinski definition) is 4. The van der Waals surface area contributed by atoms with Crippen LogP contribution in [0.25, 0.3) is 10.9 Å². The predicted octanol–water partition coefficient (Wildman–Crippen LogP) is 5.70. The number of nitrogens with one attached hydrogen (secondary N) is 1. The molecule has 1 amide bonds. The van der Waals surface area contributed by atoms with E-state index in [1.807, 2.05) is 42.5 Å². The number of nitrogens with zero attached hydrogens (tertiary/aromatic N) is 2. The van der Waals surface area contributed by atoms with Crippen LogP contribution in [0.5, 0.6) is 5.75 Å². The van der Waals surface area contributed by atoms with Crippen molar-refractivity contribution in [1.29, 1.82) is 0 Å². The fourth-order valence-electron chi connectivity index (χ4n) is 2.21. The molecule has 0 aliphatic rings. The van der Waals surface area contributed by atoms with Gasteiger partial charge in [-0.1, -0.05) is 45.7 Å². The molecule has 0 fully saturated rings. The van der Waals surface area contributed by atoms with Crippen molar-refractivity contribution in [3.05, 3.63) is 66.6 Å². The Kier molecular flexibility index (Phi) is 6.86. The average molecular weight is 576 g/mol. The Morgan fingerprint density at radius 1 is 1.19 bits per heavy atom. The highest BCUT2D eigenvalue weighted by atomic mass is 79.9. The van der Waals surface area contributed by atoms with Gasteiger partial charge in [-0.2, -0.15) is 5.10 Å². The van der Waals surface area contributed by atoms with Gasteiger partial charge in [-0.25, -0.2) is 10.4 Å². The van der Waals surface area contributed by atoms with Crippen LogP contribution < -0.4 is 10.2 Å². The Bertz CT molecular complexity index is 1020. The lowest BCUT2D eigenvalue weighted by Crippen LogP contribution is -2.24. The minimum absolute atomic E-state index is 0.195. The molecule has 27 heavy (non-hydrogen) atoms. The summed E-state index contributed by atoms with van der Waals surface area (Å²) in [7, 11) is 0. The number of amides is 1. The Morgan fingerprint density at radius 2 is 1.89 bits per heavy atom. The van der Waals surface area contributed by atoms with E-state index in [-0.39, 0.29) is 6.61 Å². The Balaban J connectivity index is 1.62. The molecule has 0 radical (unpaired) electrons. The normalized spacial score (nSPS) is 11.1. The van der Waals surface area contributed by atoms with E-state index in [2.05, 4.69) is 63.3 Å². The predicted molar refractivity (Wildman–Crippen MR) is 118 cm³/mol. The minimum atomic E-state index is -0.405. The summed E-state index contributed by atoms with van der Waals surface area (Å²) < 4.78 is 7.84. The van der Waals surface area contributed by atoms with Crippen LogP contribution in [0, 0.1) is 0 Å². The maximum Gasteiger partial charge on any atom is 0.277 e. The van der Waals surface area contributed by atoms with E-state index in [0.717, 1.165) is 15.4 Å². The van der Waals surface area contributed by atoms with Gasteiger partial charge in [0, 0.05) is 15.4 Å². The van der Waals surface area contributed by atoms with Crippen molar-refractivity contribution in [3.63, 3.8) is 0 Å². The van der Waals surface area contributed by atoms with E-state index < -0.39 is 5.91 Å². The van der Waals surface area contributed by atoms with Gasteiger partial charge in [0.05, 0.1) is 20.7 Å². The summed E-state index contributed by atoms with van der Waals surface area (Å²) in [5.74, 6) is 0.122. The number of halogens is 4. The van der Waals surface area contributed by atoms with E-state index in [4.69, 9.17) is 16.3 Å². The summed E-state index contributed by atoms with van der Waals surface area (Å²) >= 11 is 16.3. The second-order valence-electron chi connectivity index (χ2n) is 5.34. The number of rotatable bonds is 5. The second kappa shape index (κ2) is 9.14. The number of benzene rings is 2. The van der Waals surface area contributed by atoms with Crippen molar-refractivity contribution in [2.75, 3.05) is 6.61 Å². The van der Waals surface area contributed by atoms with Crippen molar-refractivity contribution in [3.8, 4) is 5.75 Å². The number of fused-ring (bicyclic) bond motifs is 1. The van der Waals surface area contributed by atoms with Crippen molar-refractivity contribution < 1.29 is 9.53 Å². The van der Waals surface area contributed by atoms with Crippen LogP contribution in [0.15, 0.2) is 61.0 Å². The zero-order valence-corrected chi connectivity index (χ0v) is 19.1. The zero-order valence-electron chi connectivity index (χ0n) is 13.5. The first-order chi connectivity index (χ1) is 12.9. The van der Waals surface area contributed by atoms with E-state index in [1.165, 1.54) is 6.21 Å². The van der Waals surface area contributed by atoms with Crippen molar-refractivity contribution in [1.82, 2.24) is 10.4 Å². The summed E-state index contributed by atoms with van der Waals surface area (Å²) in [5.41, 5.74) is 3.81. The molecule has 2 aromatic carbocycles. The molecule has 0 spiro atoms. The third-order valence-electron chi connectivity index (χ3n) is 3.41. The number of hydrogen-bond donors (Lipinski definition) is 1. The molecule has 0 saturated heterocycles. The minimum Gasteiger partial charge on any atom is -0.481 e. The number of carbonyl (C=O) groups is 1. The van der Waals surface area contributed by atoms with Crippen LogP contribution in [-0.2, 0) is 4.79 Å². The van der Waals surface area contributed by atoms with Gasteiger partial charge in [-0.15, -0.1) is 0 Å². The van der Waals surface area contributed by atoms with Gasteiger partial charge in [0.1, 0.15) is 10.9 Å². The van der Waals surface area contributed by atoms with Crippen LogP contribution in [0.1, 0.15) is 5.56 Å². The van der Waals surface area contributed by atoms with Crippen molar-refractivity contribution in [2.24, 2.45) is 5.10 Å². The van der Waals surface area contributed by atoms with Gasteiger partial charge in [0.25, 0.3) is 5.91 Å². The van der Waals surface area contributed by atoms with Gasteiger partial charge in [0.15, 0.2) is 6.61 Å². The quantitative estimate of drug-likeness (QED) is 0.241. The number of aromatic nitrogens is 1. The summed E-state index contributed by atoms with van der Waals surface area (Å²) in [6.45, 7) is -0.195. The number of para-hydroxylation sites is 1. The molecule has 0 aliphatic carbocycles. The Hall–Kier alpha value is -1.48. The molecule has 0 bridgehead atoms. The molecular weight excluding hydrogens is 565 g/mol. The first kappa shape index (κ1) is 20.3. The van der Waals surface area contributed by atoms with E-state index in [9.17, 15) is 4.79 Å². The van der Waals surface area contributed by atoms with Crippen LogP contribution in [0.2, 0.25) is 5.15 Å². The molecule has 3 rings (SSSR count). The Labute approximate surface area is 185 Å². The summed E-state index contributed by atoms with van der Waals surface area (Å²) in [5, 5.41) is 5.16. The SMILES string of the molecule is O=C(COc1c(Br)cc(Br)cc1Br)N/N=C\c1cc2ccccc2nc1Cl. The number of pyridine rings is 1. The molecule has 0 saturated carbocycles. The molecule has 0 atom stereocenters. The third-order valence-corrected chi connectivity index (χ3v) is 5.35. The monoisotopic (exact) mass is 573 g/mol. The molecule has 9 heteroatoms. The van der Waals surface area contributed by atoms with Gasteiger partial charge >= 0.3 is 0 Å². The summed E-state index contributed by atoms with van der Waals surface area (Å²) in [6.07, 6.45) is 1.45.